The number of benzene rings is 4. The number of allylic oxidation sites excluding steroid dienone is 2. The number of phenolic OH excluding ortho intramolecular Hbond substituents is 1. The van der Waals surface area contributed by atoms with Crippen molar-refractivity contribution in [2.75, 3.05) is 4.90 Å². The first-order valence-electron chi connectivity index (χ1n) is 14.0. The van der Waals surface area contributed by atoms with Gasteiger partial charge in [-0.15, -0.1) is 0 Å². The van der Waals surface area contributed by atoms with Gasteiger partial charge in [-0.3, -0.25) is 0 Å². The number of phenols is 1. The number of ether oxygens (including phenoxy) is 1. The van der Waals surface area contributed by atoms with Crippen molar-refractivity contribution in [2.45, 2.75) is 55.5 Å². The monoisotopic (exact) mass is 543 g/mol. The molecule has 39 heavy (non-hydrogen) atoms. The number of aromatic hydroxyl groups is 1. The van der Waals surface area contributed by atoms with Gasteiger partial charge in [0.15, 0.2) is 0 Å². The van der Waals surface area contributed by atoms with E-state index in [4.69, 9.17) is 4.74 Å². The standard InChI is InChI=1S/C33H30BNO2SSi/c1-20-16-28-33-30(17-20)38-29-15-13-22(36)19-24(29)34(33)23-14-12-21(18-27(23)37-28)35-25-8-4-6-10-31(25)39(2,3)32-11-7-5-9-26(32)35/h4,6,8,10,12-19,36H,5,7,9,11H2,1-3H3. The zero-order valence-electron chi connectivity index (χ0n) is 22.5. The SMILES string of the molecule is Cc1cc2c3c(c1)Sc1ccc(O)cc1B3c1ccc(N3C4=C(CCCC4)[Si](C)(C)c4ccccc43)cc1O2. The molecule has 0 aromatic heterocycles. The zero-order valence-corrected chi connectivity index (χ0v) is 24.4. The summed E-state index contributed by atoms with van der Waals surface area (Å²) in [7, 11) is -1.71. The smallest absolute Gasteiger partial charge is 0.254 e. The summed E-state index contributed by atoms with van der Waals surface area (Å²) >= 11 is 1.78. The third kappa shape index (κ3) is 3.37. The summed E-state index contributed by atoms with van der Waals surface area (Å²) in [6.45, 7) is 7.25. The molecule has 0 spiro atoms. The molecule has 0 unspecified atom stereocenters. The van der Waals surface area contributed by atoms with Crippen molar-refractivity contribution in [2.24, 2.45) is 0 Å². The molecule has 4 aromatic rings. The molecule has 4 aromatic carbocycles. The molecule has 0 saturated carbocycles. The average molecular weight is 544 g/mol. The minimum absolute atomic E-state index is 0.0428. The molecule has 3 nitrogen and oxygen atoms in total. The van der Waals surface area contributed by atoms with Crippen LogP contribution in [0.2, 0.25) is 13.1 Å². The molecular formula is C33H30BNO2SSi. The second-order valence-electron chi connectivity index (χ2n) is 11.9. The molecule has 0 radical (unpaired) electrons. The Morgan fingerprint density at radius 2 is 1.72 bits per heavy atom. The predicted octanol–water partition coefficient (Wildman–Crippen LogP) is 6.22. The van der Waals surface area contributed by atoms with Gasteiger partial charge in [0.25, 0.3) is 6.71 Å². The predicted molar refractivity (Wildman–Crippen MR) is 166 cm³/mol. The molecule has 0 fully saturated rings. The molecule has 1 aliphatic carbocycles. The number of aryl methyl sites for hydroxylation is 1. The van der Waals surface area contributed by atoms with E-state index in [2.05, 4.69) is 85.6 Å². The van der Waals surface area contributed by atoms with Crippen molar-refractivity contribution in [1.29, 1.82) is 0 Å². The third-order valence-corrected chi connectivity index (χ3v) is 14.1. The van der Waals surface area contributed by atoms with Crippen LogP contribution in [-0.4, -0.2) is 19.9 Å². The first-order valence-corrected chi connectivity index (χ1v) is 17.8. The fourth-order valence-corrected chi connectivity index (χ4v) is 12.0. The Balaban J connectivity index is 1.33. The number of nitrogens with zero attached hydrogens (tertiary/aromatic N) is 1. The summed E-state index contributed by atoms with van der Waals surface area (Å²) in [6, 6.07) is 26.1. The quantitative estimate of drug-likeness (QED) is 0.250. The Hall–Kier alpha value is -3.35. The number of hydrogen-bond donors (Lipinski definition) is 1. The van der Waals surface area contributed by atoms with E-state index in [-0.39, 0.29) is 6.71 Å². The van der Waals surface area contributed by atoms with Gasteiger partial charge in [0.1, 0.15) is 25.3 Å². The van der Waals surface area contributed by atoms with Gasteiger partial charge >= 0.3 is 0 Å². The lowest BCUT2D eigenvalue weighted by atomic mass is 9.35. The van der Waals surface area contributed by atoms with E-state index in [1.54, 1.807) is 23.0 Å². The molecule has 0 saturated heterocycles. The van der Waals surface area contributed by atoms with E-state index in [1.165, 1.54) is 67.8 Å². The molecule has 1 N–H and O–H groups in total. The van der Waals surface area contributed by atoms with Crippen molar-refractivity contribution in [1.82, 2.24) is 0 Å². The lowest BCUT2D eigenvalue weighted by Gasteiger charge is -2.45. The molecule has 3 aliphatic heterocycles. The topological polar surface area (TPSA) is 32.7 Å². The molecule has 0 amide bonds. The van der Waals surface area contributed by atoms with Crippen molar-refractivity contribution in [3.63, 3.8) is 0 Å². The highest BCUT2D eigenvalue weighted by molar-refractivity contribution is 8.00. The molecule has 192 valence electrons. The van der Waals surface area contributed by atoms with Gasteiger partial charge in [-0.25, -0.2) is 0 Å². The van der Waals surface area contributed by atoms with Crippen molar-refractivity contribution in [3.05, 3.63) is 89.3 Å². The number of rotatable bonds is 1. The highest BCUT2D eigenvalue weighted by Crippen LogP contribution is 2.45. The van der Waals surface area contributed by atoms with Crippen LogP contribution in [0.5, 0.6) is 17.2 Å². The van der Waals surface area contributed by atoms with Crippen LogP contribution >= 0.6 is 11.8 Å². The maximum Gasteiger partial charge on any atom is 0.254 e. The van der Waals surface area contributed by atoms with Crippen LogP contribution in [0.25, 0.3) is 0 Å². The summed E-state index contributed by atoms with van der Waals surface area (Å²) in [6.07, 6.45) is 4.90. The first kappa shape index (κ1) is 23.5. The van der Waals surface area contributed by atoms with Crippen LogP contribution in [0.3, 0.4) is 0 Å². The fraction of sp³-hybridized carbons (Fsp3) is 0.212. The van der Waals surface area contributed by atoms with Gasteiger partial charge in [-0.05, 0) is 96.7 Å². The van der Waals surface area contributed by atoms with Gasteiger partial charge in [0.2, 0.25) is 0 Å². The molecule has 0 atom stereocenters. The number of fused-ring (bicyclic) bond motifs is 5. The molecule has 3 heterocycles. The van der Waals surface area contributed by atoms with Gasteiger partial charge in [-0.1, -0.05) is 59.8 Å². The lowest BCUT2D eigenvalue weighted by Crippen LogP contribution is -2.57. The van der Waals surface area contributed by atoms with Crippen molar-refractivity contribution in [3.8, 4) is 17.2 Å². The van der Waals surface area contributed by atoms with E-state index < -0.39 is 8.07 Å². The third-order valence-electron chi connectivity index (χ3n) is 9.13. The average Bonchev–Trinajstić information content (AvgIpc) is 2.93. The van der Waals surface area contributed by atoms with Crippen LogP contribution in [0.15, 0.2) is 93.5 Å². The number of hydrogen-bond acceptors (Lipinski definition) is 4. The van der Waals surface area contributed by atoms with Gasteiger partial charge in [0.05, 0.1) is 0 Å². The highest BCUT2D eigenvalue weighted by Gasteiger charge is 2.42. The van der Waals surface area contributed by atoms with E-state index in [1.807, 2.05) is 6.07 Å². The Morgan fingerprint density at radius 1 is 0.872 bits per heavy atom. The van der Waals surface area contributed by atoms with Crippen LogP contribution in [0, 0.1) is 6.92 Å². The summed E-state index contributed by atoms with van der Waals surface area (Å²) in [4.78, 5) is 4.99. The lowest BCUT2D eigenvalue weighted by molar-refractivity contribution is 0.475. The Bertz CT molecular complexity index is 1750. The Kier molecular flexibility index (Phi) is 5.02. The summed E-state index contributed by atoms with van der Waals surface area (Å²) in [5.74, 6) is 2.16. The van der Waals surface area contributed by atoms with E-state index >= 15 is 0 Å². The van der Waals surface area contributed by atoms with Crippen LogP contribution in [0.4, 0.5) is 11.4 Å². The van der Waals surface area contributed by atoms with Gasteiger partial charge in [0, 0.05) is 32.9 Å². The first-order chi connectivity index (χ1) is 18.9. The van der Waals surface area contributed by atoms with Crippen molar-refractivity contribution >= 4 is 59.5 Å². The normalized spacial score (nSPS) is 17.9. The maximum absolute atomic E-state index is 10.4. The highest BCUT2D eigenvalue weighted by atomic mass is 32.2. The van der Waals surface area contributed by atoms with Crippen LogP contribution in [-0.2, 0) is 0 Å². The Morgan fingerprint density at radius 3 is 2.62 bits per heavy atom. The summed E-state index contributed by atoms with van der Waals surface area (Å²) in [5.41, 5.74) is 8.79. The summed E-state index contributed by atoms with van der Waals surface area (Å²) < 4.78 is 6.74. The minimum Gasteiger partial charge on any atom is -0.508 e. The molecule has 0 bridgehead atoms. The molecule has 8 rings (SSSR count). The largest absolute Gasteiger partial charge is 0.508 e. The van der Waals surface area contributed by atoms with Gasteiger partial charge < -0.3 is 14.7 Å². The van der Waals surface area contributed by atoms with Crippen LogP contribution < -0.4 is 31.2 Å². The van der Waals surface area contributed by atoms with Gasteiger partial charge in [-0.2, -0.15) is 0 Å². The molecular weight excluding hydrogens is 513 g/mol. The summed E-state index contributed by atoms with van der Waals surface area (Å²) in [5, 5.41) is 13.7. The second-order valence-corrected chi connectivity index (χ2v) is 17.3. The zero-order chi connectivity index (χ0) is 26.5. The van der Waals surface area contributed by atoms with Crippen LogP contribution in [0.1, 0.15) is 31.2 Å². The minimum atomic E-state index is -1.71. The van der Waals surface area contributed by atoms with Crippen molar-refractivity contribution < 1.29 is 9.84 Å². The molecule has 4 aliphatic rings. The number of anilines is 2. The molecule has 6 heteroatoms. The van der Waals surface area contributed by atoms with E-state index in [0.717, 1.165) is 23.4 Å². The second kappa shape index (κ2) is 8.33. The maximum atomic E-state index is 10.4. The van der Waals surface area contributed by atoms with E-state index in [9.17, 15) is 5.11 Å². The Labute approximate surface area is 235 Å². The number of para-hydroxylation sites is 1. The van der Waals surface area contributed by atoms with E-state index in [0.29, 0.717) is 5.75 Å². The fourth-order valence-electron chi connectivity index (χ4n) is 7.35.